The van der Waals surface area contributed by atoms with Crippen LogP contribution in [-0.2, 0) is 10.0 Å². The number of hydrogen-bond donors (Lipinski definition) is 2. The molecule has 0 unspecified atom stereocenters. The summed E-state index contributed by atoms with van der Waals surface area (Å²) in [6, 6.07) is 14.9. The van der Waals surface area contributed by atoms with Gasteiger partial charge in [0.1, 0.15) is 0 Å². The number of piperidine rings is 1. The zero-order valence-corrected chi connectivity index (χ0v) is 16.5. The second-order valence-electron chi connectivity index (χ2n) is 7.71. The van der Waals surface area contributed by atoms with Crippen molar-refractivity contribution in [3.05, 3.63) is 60.2 Å². The van der Waals surface area contributed by atoms with Gasteiger partial charge in [0.15, 0.2) is 0 Å². The van der Waals surface area contributed by atoms with Gasteiger partial charge in [-0.15, -0.1) is 0 Å². The number of benzene rings is 2. The van der Waals surface area contributed by atoms with Gasteiger partial charge in [0.05, 0.1) is 4.90 Å². The topological polar surface area (TPSA) is 78.5 Å². The monoisotopic (exact) mass is 399 g/mol. The van der Waals surface area contributed by atoms with Crippen LogP contribution in [0.4, 0.5) is 5.69 Å². The molecule has 2 heterocycles. The number of para-hydroxylation sites is 1. The molecule has 148 valence electrons. The number of anilines is 1. The molecule has 2 saturated heterocycles. The Bertz CT molecular complexity index is 927. The number of nitrogens with zero attached hydrogens (tertiary/aromatic N) is 1. The molecule has 1 spiro atoms. The first kappa shape index (κ1) is 19.0. The van der Waals surface area contributed by atoms with Crippen molar-refractivity contribution >= 4 is 21.6 Å². The van der Waals surface area contributed by atoms with E-state index in [0.717, 1.165) is 39.0 Å². The second-order valence-corrected chi connectivity index (χ2v) is 9.40. The van der Waals surface area contributed by atoms with Crippen LogP contribution in [0.25, 0.3) is 0 Å². The smallest absolute Gasteiger partial charge is 0.261 e. The average molecular weight is 400 g/mol. The van der Waals surface area contributed by atoms with Crippen LogP contribution in [-0.4, -0.2) is 45.4 Å². The van der Waals surface area contributed by atoms with Gasteiger partial charge in [-0.1, -0.05) is 18.2 Å². The molecule has 0 aliphatic carbocycles. The Labute approximate surface area is 166 Å². The molecule has 2 aliphatic rings. The number of nitrogens with one attached hydrogen (secondary N) is 2. The molecule has 28 heavy (non-hydrogen) atoms. The van der Waals surface area contributed by atoms with E-state index in [1.54, 1.807) is 36.4 Å². The summed E-state index contributed by atoms with van der Waals surface area (Å²) in [7, 11) is -3.68. The molecule has 2 aliphatic heterocycles. The fraction of sp³-hybridized carbons (Fsp3) is 0.381. The maximum atomic E-state index is 12.8. The Balaban J connectivity index is 1.42. The minimum absolute atomic E-state index is 0.0271. The highest BCUT2D eigenvalue weighted by Crippen LogP contribution is 2.37. The predicted molar refractivity (Wildman–Crippen MR) is 109 cm³/mol. The summed E-state index contributed by atoms with van der Waals surface area (Å²) >= 11 is 0. The van der Waals surface area contributed by atoms with E-state index < -0.39 is 10.0 Å². The number of hydrogen-bond acceptors (Lipinski definition) is 4. The Morgan fingerprint density at radius 2 is 1.64 bits per heavy atom. The minimum atomic E-state index is -3.68. The van der Waals surface area contributed by atoms with E-state index in [1.807, 2.05) is 11.0 Å². The highest BCUT2D eigenvalue weighted by atomic mass is 32.2. The molecule has 0 aromatic heterocycles. The highest BCUT2D eigenvalue weighted by molar-refractivity contribution is 7.92. The molecule has 0 bridgehead atoms. The van der Waals surface area contributed by atoms with E-state index in [4.69, 9.17) is 0 Å². The summed E-state index contributed by atoms with van der Waals surface area (Å²) in [6.07, 6.45) is 3.24. The normalized spacial score (nSPS) is 18.9. The first-order valence-electron chi connectivity index (χ1n) is 9.66. The summed E-state index contributed by atoms with van der Waals surface area (Å²) < 4.78 is 27.6. The number of rotatable bonds is 4. The third kappa shape index (κ3) is 3.91. The third-order valence-electron chi connectivity index (χ3n) is 5.88. The number of carbonyl (C=O) groups is 1. The van der Waals surface area contributed by atoms with Crippen molar-refractivity contribution in [2.75, 3.05) is 30.9 Å². The van der Waals surface area contributed by atoms with Gasteiger partial charge < -0.3 is 10.2 Å². The molecule has 2 aromatic rings. The maximum absolute atomic E-state index is 12.8. The largest absolute Gasteiger partial charge is 0.339 e. The standard InChI is InChI=1S/C21H25N3O3S/c25-20(24-14-11-21(12-15-24)10-13-22-16-21)17-6-8-19(9-7-17)28(26,27)23-18-4-2-1-3-5-18/h1-9,22-23H,10-16H2. The van der Waals surface area contributed by atoms with Gasteiger partial charge in [-0.05, 0) is 67.6 Å². The summed E-state index contributed by atoms with van der Waals surface area (Å²) in [5.74, 6) is -0.0271. The lowest BCUT2D eigenvalue weighted by Gasteiger charge is -2.38. The molecular weight excluding hydrogens is 374 g/mol. The summed E-state index contributed by atoms with van der Waals surface area (Å²) in [4.78, 5) is 14.8. The summed E-state index contributed by atoms with van der Waals surface area (Å²) in [5, 5.41) is 3.43. The van der Waals surface area contributed by atoms with Crippen LogP contribution in [0, 0.1) is 5.41 Å². The van der Waals surface area contributed by atoms with Crippen LogP contribution in [0.1, 0.15) is 29.6 Å². The first-order chi connectivity index (χ1) is 13.5. The van der Waals surface area contributed by atoms with Crippen LogP contribution >= 0.6 is 0 Å². The summed E-state index contributed by atoms with van der Waals surface area (Å²) in [5.41, 5.74) is 1.39. The lowest BCUT2D eigenvalue weighted by molar-refractivity contribution is 0.0607. The van der Waals surface area contributed by atoms with Crippen LogP contribution in [0.2, 0.25) is 0 Å². The summed E-state index contributed by atoms with van der Waals surface area (Å²) in [6.45, 7) is 3.64. The maximum Gasteiger partial charge on any atom is 0.261 e. The molecule has 0 radical (unpaired) electrons. The predicted octanol–water partition coefficient (Wildman–Crippen LogP) is 2.70. The van der Waals surface area contributed by atoms with Gasteiger partial charge >= 0.3 is 0 Å². The molecule has 2 fully saturated rings. The Kier molecular flexibility index (Phi) is 5.12. The first-order valence-corrected chi connectivity index (χ1v) is 11.1. The molecule has 0 saturated carbocycles. The van der Waals surface area contributed by atoms with E-state index >= 15 is 0 Å². The van der Waals surface area contributed by atoms with Crippen molar-refractivity contribution in [3.8, 4) is 0 Å². The lowest BCUT2D eigenvalue weighted by Crippen LogP contribution is -2.44. The molecule has 4 rings (SSSR count). The van der Waals surface area contributed by atoms with Crippen molar-refractivity contribution < 1.29 is 13.2 Å². The fourth-order valence-corrected chi connectivity index (χ4v) is 5.14. The van der Waals surface area contributed by atoms with Gasteiger partial charge in [-0.2, -0.15) is 0 Å². The van der Waals surface area contributed by atoms with Crippen LogP contribution < -0.4 is 10.0 Å². The van der Waals surface area contributed by atoms with Gasteiger partial charge in [0.25, 0.3) is 15.9 Å². The zero-order valence-electron chi connectivity index (χ0n) is 15.7. The van der Waals surface area contributed by atoms with Crippen molar-refractivity contribution in [2.24, 2.45) is 5.41 Å². The van der Waals surface area contributed by atoms with Crippen molar-refractivity contribution in [1.29, 1.82) is 0 Å². The molecule has 1 amide bonds. The zero-order chi connectivity index (χ0) is 19.6. The van der Waals surface area contributed by atoms with Gasteiger partial charge in [0, 0.05) is 30.9 Å². The van der Waals surface area contributed by atoms with Crippen molar-refractivity contribution in [1.82, 2.24) is 10.2 Å². The third-order valence-corrected chi connectivity index (χ3v) is 7.28. The van der Waals surface area contributed by atoms with Crippen LogP contribution in [0.5, 0.6) is 0 Å². The quantitative estimate of drug-likeness (QED) is 0.829. The average Bonchev–Trinajstić information content (AvgIpc) is 3.16. The van der Waals surface area contributed by atoms with Crippen molar-refractivity contribution in [2.45, 2.75) is 24.2 Å². The molecule has 6 nitrogen and oxygen atoms in total. The lowest BCUT2D eigenvalue weighted by atomic mass is 9.78. The fourth-order valence-electron chi connectivity index (χ4n) is 4.09. The van der Waals surface area contributed by atoms with E-state index in [-0.39, 0.29) is 10.8 Å². The van der Waals surface area contributed by atoms with Gasteiger partial charge in [-0.3, -0.25) is 9.52 Å². The van der Waals surface area contributed by atoms with E-state index in [1.165, 1.54) is 18.6 Å². The van der Waals surface area contributed by atoms with Crippen LogP contribution in [0.15, 0.2) is 59.5 Å². The van der Waals surface area contributed by atoms with Gasteiger partial charge in [0.2, 0.25) is 0 Å². The molecule has 2 N–H and O–H groups in total. The van der Waals surface area contributed by atoms with Crippen LogP contribution in [0.3, 0.4) is 0 Å². The van der Waals surface area contributed by atoms with E-state index in [2.05, 4.69) is 10.0 Å². The van der Waals surface area contributed by atoms with Crippen molar-refractivity contribution in [3.63, 3.8) is 0 Å². The number of amides is 1. The molecule has 0 atom stereocenters. The number of carbonyl (C=O) groups excluding carboxylic acids is 1. The molecule has 2 aromatic carbocycles. The van der Waals surface area contributed by atoms with E-state index in [9.17, 15) is 13.2 Å². The Morgan fingerprint density at radius 3 is 2.25 bits per heavy atom. The SMILES string of the molecule is O=C(c1ccc(S(=O)(=O)Nc2ccccc2)cc1)N1CCC2(CCNC2)CC1. The number of sulfonamides is 1. The van der Waals surface area contributed by atoms with E-state index in [0.29, 0.717) is 16.7 Å². The Hall–Kier alpha value is -2.38. The van der Waals surface area contributed by atoms with Gasteiger partial charge in [-0.25, -0.2) is 8.42 Å². The molecule has 7 heteroatoms. The molecular formula is C21H25N3O3S. The second kappa shape index (κ2) is 7.56. The highest BCUT2D eigenvalue weighted by Gasteiger charge is 2.38. The Morgan fingerprint density at radius 1 is 0.964 bits per heavy atom. The number of likely N-dealkylation sites (tertiary alicyclic amines) is 1. The minimum Gasteiger partial charge on any atom is -0.339 e.